The number of piperidine rings is 1. The van der Waals surface area contributed by atoms with Gasteiger partial charge in [0.1, 0.15) is 11.6 Å². The zero-order valence-corrected chi connectivity index (χ0v) is 20.8. The van der Waals surface area contributed by atoms with E-state index in [1.165, 1.54) is 0 Å². The second-order valence-electron chi connectivity index (χ2n) is 9.13. The van der Waals surface area contributed by atoms with Crippen molar-refractivity contribution in [3.8, 4) is 0 Å². The molecule has 2 aromatic heterocycles. The zero-order valence-electron chi connectivity index (χ0n) is 20.0. The first kappa shape index (κ1) is 23.5. The molecule has 4 aromatic rings. The number of aromatic nitrogens is 4. The van der Waals surface area contributed by atoms with Crippen LogP contribution in [-0.2, 0) is 28.3 Å². The van der Waals surface area contributed by atoms with Crippen LogP contribution in [0.3, 0.4) is 0 Å². The number of nitrogens with zero attached hydrogens (tertiary/aromatic N) is 4. The topological polar surface area (TPSA) is 113 Å². The molecule has 1 fully saturated rings. The van der Waals surface area contributed by atoms with Crippen molar-refractivity contribution in [1.29, 1.82) is 0 Å². The maximum atomic E-state index is 13.0. The van der Waals surface area contributed by atoms with Gasteiger partial charge in [0.15, 0.2) is 0 Å². The van der Waals surface area contributed by atoms with Gasteiger partial charge in [0.2, 0.25) is 15.9 Å². The summed E-state index contributed by atoms with van der Waals surface area (Å²) in [7, 11) is -1.63. The lowest BCUT2D eigenvalue weighted by molar-refractivity contribution is -0.121. The van der Waals surface area contributed by atoms with Gasteiger partial charge in [-0.25, -0.2) is 18.4 Å². The van der Waals surface area contributed by atoms with Crippen molar-refractivity contribution < 1.29 is 13.2 Å². The quantitative estimate of drug-likeness (QED) is 0.409. The molecule has 2 N–H and O–H groups in total. The molecule has 184 valence electrons. The van der Waals surface area contributed by atoms with Gasteiger partial charge in [-0.05, 0) is 50.1 Å². The molecule has 1 atom stereocenters. The number of carbonyl (C=O) groups excluding carboxylic acids is 1. The van der Waals surface area contributed by atoms with E-state index in [9.17, 15) is 13.2 Å². The van der Waals surface area contributed by atoms with Crippen LogP contribution in [0.25, 0.3) is 22.1 Å². The van der Waals surface area contributed by atoms with Gasteiger partial charge in [0.25, 0.3) is 0 Å². The van der Waals surface area contributed by atoms with E-state index in [1.54, 1.807) is 22.5 Å². The summed E-state index contributed by atoms with van der Waals surface area (Å²) in [5.41, 5.74) is 3.26. The summed E-state index contributed by atoms with van der Waals surface area (Å²) in [6.45, 7) is 3.03. The molecule has 5 rings (SSSR count). The van der Waals surface area contributed by atoms with Crippen molar-refractivity contribution >= 4 is 38.0 Å². The number of para-hydroxylation sites is 2. The lowest BCUT2D eigenvalue weighted by Crippen LogP contribution is -2.35. The van der Waals surface area contributed by atoms with Gasteiger partial charge in [-0.1, -0.05) is 18.6 Å². The van der Waals surface area contributed by atoms with Crippen LogP contribution < -0.4 is 5.32 Å². The number of nitrogens with one attached hydrogen (secondary N) is 2. The molecule has 1 amide bonds. The Bertz CT molecular complexity index is 1450. The average Bonchev–Trinajstić information content (AvgIpc) is 3.44. The number of sulfonamides is 1. The first-order valence-corrected chi connectivity index (χ1v) is 13.5. The van der Waals surface area contributed by atoms with Crippen LogP contribution in [0.2, 0.25) is 0 Å². The van der Waals surface area contributed by atoms with Crippen molar-refractivity contribution in [1.82, 2.24) is 29.1 Å². The van der Waals surface area contributed by atoms with E-state index < -0.39 is 10.0 Å². The smallest absolute Gasteiger partial charge is 0.243 e. The van der Waals surface area contributed by atoms with E-state index in [0.717, 1.165) is 41.6 Å². The van der Waals surface area contributed by atoms with E-state index in [4.69, 9.17) is 0 Å². The fourth-order valence-corrected chi connectivity index (χ4v) is 6.19. The zero-order chi connectivity index (χ0) is 24.6. The van der Waals surface area contributed by atoms with E-state index >= 15 is 0 Å². The minimum atomic E-state index is -3.52. The molecular formula is C25H30N6O3S. The molecule has 35 heavy (non-hydrogen) atoms. The van der Waals surface area contributed by atoms with Gasteiger partial charge in [0.05, 0.1) is 33.0 Å². The van der Waals surface area contributed by atoms with Crippen LogP contribution in [-0.4, -0.2) is 51.2 Å². The number of hydrogen-bond acceptors (Lipinski definition) is 5. The Kier molecular flexibility index (Phi) is 6.33. The van der Waals surface area contributed by atoms with E-state index in [-0.39, 0.29) is 23.3 Å². The number of benzene rings is 2. The first-order valence-electron chi connectivity index (χ1n) is 12.0. The normalized spacial score (nSPS) is 16.1. The van der Waals surface area contributed by atoms with E-state index in [1.807, 2.05) is 42.8 Å². The maximum absolute atomic E-state index is 13.0. The fourth-order valence-electron chi connectivity index (χ4n) is 4.65. The summed E-state index contributed by atoms with van der Waals surface area (Å²) < 4.78 is 29.6. The molecular weight excluding hydrogens is 464 g/mol. The molecule has 1 aliphatic rings. The summed E-state index contributed by atoms with van der Waals surface area (Å²) in [6, 6.07) is 12.6. The van der Waals surface area contributed by atoms with Gasteiger partial charge in [-0.3, -0.25) is 4.79 Å². The number of H-pyrrole nitrogens is 1. The number of imidazole rings is 2. The van der Waals surface area contributed by atoms with Crippen molar-refractivity contribution in [3.05, 3.63) is 54.1 Å². The van der Waals surface area contributed by atoms with Gasteiger partial charge in [-0.2, -0.15) is 4.31 Å². The third kappa shape index (κ3) is 4.68. The number of aryl methyl sites for hydroxylation is 2. The Balaban J connectivity index is 1.26. The van der Waals surface area contributed by atoms with Crippen LogP contribution in [0.1, 0.15) is 50.3 Å². The van der Waals surface area contributed by atoms with Crippen molar-refractivity contribution in [2.24, 2.45) is 7.05 Å². The molecule has 9 nitrogen and oxygen atoms in total. The number of amides is 1. The monoisotopic (exact) mass is 494 g/mol. The fraction of sp³-hybridized carbons (Fsp3) is 0.400. The van der Waals surface area contributed by atoms with Gasteiger partial charge in [0, 0.05) is 33.0 Å². The number of fused-ring (bicyclic) bond motifs is 2. The highest BCUT2D eigenvalue weighted by molar-refractivity contribution is 7.89. The summed E-state index contributed by atoms with van der Waals surface area (Å²) >= 11 is 0. The van der Waals surface area contributed by atoms with Gasteiger partial charge >= 0.3 is 0 Å². The molecule has 1 aliphatic heterocycles. The minimum absolute atomic E-state index is 0.0987. The Morgan fingerprint density at radius 3 is 2.63 bits per heavy atom. The molecule has 2 aromatic carbocycles. The molecule has 0 spiro atoms. The Morgan fingerprint density at radius 2 is 1.86 bits per heavy atom. The minimum Gasteiger partial charge on any atom is -0.346 e. The van der Waals surface area contributed by atoms with Crippen molar-refractivity contribution in [3.63, 3.8) is 0 Å². The summed E-state index contributed by atoms with van der Waals surface area (Å²) in [5.74, 6) is 1.35. The molecule has 1 unspecified atom stereocenters. The Labute approximate surface area is 204 Å². The first-order chi connectivity index (χ1) is 16.8. The van der Waals surface area contributed by atoms with Crippen LogP contribution >= 0.6 is 0 Å². The molecule has 0 radical (unpaired) electrons. The highest BCUT2D eigenvalue weighted by atomic mass is 32.2. The highest BCUT2D eigenvalue weighted by Gasteiger charge is 2.26. The largest absolute Gasteiger partial charge is 0.346 e. The molecule has 0 saturated carbocycles. The predicted molar refractivity (Wildman–Crippen MR) is 134 cm³/mol. The van der Waals surface area contributed by atoms with Crippen molar-refractivity contribution in [2.45, 2.75) is 50.0 Å². The third-order valence-corrected chi connectivity index (χ3v) is 8.56. The standard InChI is InChI=1S/C25H30N6O3S/c1-17(25-28-19-8-4-5-9-20(19)29-25)26-24(32)13-12-23-27-21-16-18(10-11-22(21)30(23)2)35(33,34)31-14-6-3-7-15-31/h4-5,8-11,16-17H,3,6-7,12-15H2,1-2H3,(H,26,32)(H,28,29). The summed E-state index contributed by atoms with van der Waals surface area (Å²) in [4.78, 5) is 25.3. The average molecular weight is 495 g/mol. The number of hydrogen-bond donors (Lipinski definition) is 2. The molecule has 1 saturated heterocycles. The van der Waals surface area contributed by atoms with E-state index in [2.05, 4.69) is 20.3 Å². The molecule has 0 aliphatic carbocycles. The second-order valence-corrected chi connectivity index (χ2v) is 11.1. The van der Waals surface area contributed by atoms with Crippen LogP contribution in [0.5, 0.6) is 0 Å². The number of rotatable bonds is 7. The molecule has 3 heterocycles. The number of aromatic amines is 1. The van der Waals surface area contributed by atoms with Crippen molar-refractivity contribution in [2.75, 3.05) is 13.1 Å². The predicted octanol–water partition coefficient (Wildman–Crippen LogP) is 3.43. The number of carbonyl (C=O) groups is 1. The summed E-state index contributed by atoms with van der Waals surface area (Å²) in [5, 5.41) is 2.99. The molecule has 10 heteroatoms. The van der Waals surface area contributed by atoms with Gasteiger partial charge in [-0.15, -0.1) is 0 Å². The molecule has 0 bridgehead atoms. The van der Waals surface area contributed by atoms with Gasteiger partial charge < -0.3 is 14.9 Å². The Hall–Kier alpha value is -3.24. The highest BCUT2D eigenvalue weighted by Crippen LogP contribution is 2.25. The third-order valence-electron chi connectivity index (χ3n) is 6.67. The Morgan fingerprint density at radius 1 is 1.09 bits per heavy atom. The summed E-state index contributed by atoms with van der Waals surface area (Å²) in [6.07, 6.45) is 3.57. The van der Waals surface area contributed by atoms with Crippen LogP contribution in [0, 0.1) is 0 Å². The van der Waals surface area contributed by atoms with E-state index in [0.29, 0.717) is 30.9 Å². The van der Waals surface area contributed by atoms with Crippen LogP contribution in [0.4, 0.5) is 0 Å². The SMILES string of the molecule is CC(NC(=O)CCc1nc2cc(S(=O)(=O)N3CCCCC3)ccc2n1C)c1nc2ccccc2[nH]1. The lowest BCUT2D eigenvalue weighted by atomic mass is 10.2. The second kappa shape index (κ2) is 9.43. The van der Waals surface area contributed by atoms with Crippen LogP contribution in [0.15, 0.2) is 47.4 Å². The lowest BCUT2D eigenvalue weighted by Gasteiger charge is -2.25. The maximum Gasteiger partial charge on any atom is 0.243 e.